The zero-order valence-electron chi connectivity index (χ0n) is 7.61. The Labute approximate surface area is 91.3 Å². The number of nitrogens with zero attached hydrogens (tertiary/aromatic N) is 2. The molecule has 76 valence electrons. The molecule has 1 aromatic heterocycles. The van der Waals surface area contributed by atoms with Gasteiger partial charge in [0.05, 0.1) is 11.5 Å². The fourth-order valence-electron chi connectivity index (χ4n) is 2.11. The first-order chi connectivity index (χ1) is 6.78. The molecule has 0 radical (unpaired) electrons. The summed E-state index contributed by atoms with van der Waals surface area (Å²) in [6.07, 6.45) is 1.39. The minimum Gasteiger partial charge on any atom is -0.391 e. The molecule has 1 saturated carbocycles. The fourth-order valence-corrected chi connectivity index (χ4v) is 3.24. The van der Waals surface area contributed by atoms with Gasteiger partial charge < -0.3 is 10.0 Å². The van der Waals surface area contributed by atoms with Crippen LogP contribution in [-0.2, 0) is 6.61 Å². The first-order valence-electron chi connectivity index (χ1n) is 4.79. The van der Waals surface area contributed by atoms with E-state index in [9.17, 15) is 0 Å². The molecule has 2 aliphatic rings. The Kier molecular flexibility index (Phi) is 1.97. The van der Waals surface area contributed by atoms with E-state index in [2.05, 4.69) is 9.88 Å². The van der Waals surface area contributed by atoms with Crippen LogP contribution in [0.5, 0.6) is 0 Å². The van der Waals surface area contributed by atoms with Crippen LogP contribution in [0.1, 0.15) is 11.3 Å². The Morgan fingerprint density at radius 3 is 2.79 bits per heavy atom. The number of aromatic nitrogens is 1. The summed E-state index contributed by atoms with van der Waals surface area (Å²) >= 11 is 7.40. The van der Waals surface area contributed by atoms with E-state index in [1.807, 2.05) is 0 Å². The highest BCUT2D eigenvalue weighted by Gasteiger charge is 2.45. The fraction of sp³-hybridized carbons (Fsp3) is 0.667. The highest BCUT2D eigenvalue weighted by Crippen LogP contribution is 2.47. The average molecular weight is 231 g/mol. The van der Waals surface area contributed by atoms with E-state index in [-0.39, 0.29) is 6.61 Å². The van der Waals surface area contributed by atoms with Crippen molar-refractivity contribution in [2.24, 2.45) is 11.8 Å². The minimum atomic E-state index is -0.00278. The molecule has 14 heavy (non-hydrogen) atoms. The van der Waals surface area contributed by atoms with Crippen molar-refractivity contribution in [3.05, 3.63) is 10.0 Å². The van der Waals surface area contributed by atoms with Crippen LogP contribution in [0.3, 0.4) is 0 Å². The second-order valence-electron chi connectivity index (χ2n) is 4.03. The third-order valence-corrected chi connectivity index (χ3v) is 4.56. The van der Waals surface area contributed by atoms with Gasteiger partial charge >= 0.3 is 0 Å². The zero-order chi connectivity index (χ0) is 9.71. The molecule has 3 nitrogen and oxygen atoms in total. The summed E-state index contributed by atoms with van der Waals surface area (Å²) in [5.41, 5.74) is 0. The number of halogens is 1. The van der Waals surface area contributed by atoms with Crippen molar-refractivity contribution in [2.45, 2.75) is 13.0 Å². The van der Waals surface area contributed by atoms with Gasteiger partial charge in [-0.2, -0.15) is 0 Å². The molecule has 1 N–H and O–H groups in total. The molecule has 0 aromatic carbocycles. The Balaban J connectivity index is 1.82. The van der Waals surface area contributed by atoms with Crippen LogP contribution in [0.2, 0.25) is 5.15 Å². The van der Waals surface area contributed by atoms with Crippen LogP contribution >= 0.6 is 22.9 Å². The molecule has 0 amide bonds. The molecule has 5 heteroatoms. The van der Waals surface area contributed by atoms with Gasteiger partial charge in [0.2, 0.25) is 0 Å². The molecule has 2 unspecified atom stereocenters. The lowest BCUT2D eigenvalue weighted by Crippen LogP contribution is -2.21. The highest BCUT2D eigenvalue weighted by atomic mass is 35.5. The van der Waals surface area contributed by atoms with Crippen LogP contribution in [0.4, 0.5) is 5.13 Å². The normalized spacial score (nSPS) is 29.4. The standard InChI is InChI=1S/C9H11ClN2OS/c10-8-7(4-13)14-9(11-8)12-2-5-1-6(5)3-12/h5-6,13H,1-4H2. The molecule has 2 fully saturated rings. The summed E-state index contributed by atoms with van der Waals surface area (Å²) in [4.78, 5) is 7.33. The predicted octanol–water partition coefficient (Wildman–Crippen LogP) is 1.74. The maximum absolute atomic E-state index is 9.00. The molecular formula is C9H11ClN2OS. The molecule has 0 spiro atoms. The van der Waals surface area contributed by atoms with Crippen LogP contribution in [0.15, 0.2) is 0 Å². The maximum atomic E-state index is 9.00. The summed E-state index contributed by atoms with van der Waals surface area (Å²) < 4.78 is 0. The SMILES string of the molecule is OCc1sc(N2CC3CC3C2)nc1Cl. The van der Waals surface area contributed by atoms with Gasteiger partial charge in [-0.15, -0.1) is 0 Å². The van der Waals surface area contributed by atoms with Gasteiger partial charge in [-0.25, -0.2) is 4.98 Å². The predicted molar refractivity (Wildman–Crippen MR) is 56.9 cm³/mol. The van der Waals surface area contributed by atoms with Crippen LogP contribution in [0.25, 0.3) is 0 Å². The molecule has 2 atom stereocenters. The summed E-state index contributed by atoms with van der Waals surface area (Å²) in [5.74, 6) is 1.80. The number of hydrogen-bond acceptors (Lipinski definition) is 4. The van der Waals surface area contributed by atoms with Gasteiger partial charge in [0.1, 0.15) is 5.15 Å². The van der Waals surface area contributed by atoms with E-state index in [1.165, 1.54) is 17.8 Å². The Morgan fingerprint density at radius 2 is 2.21 bits per heavy atom. The van der Waals surface area contributed by atoms with Crippen molar-refractivity contribution in [1.29, 1.82) is 0 Å². The van der Waals surface area contributed by atoms with Crippen molar-refractivity contribution in [3.8, 4) is 0 Å². The second-order valence-corrected chi connectivity index (χ2v) is 5.45. The number of rotatable bonds is 2. The average Bonchev–Trinajstić information content (AvgIpc) is 2.62. The van der Waals surface area contributed by atoms with Crippen LogP contribution in [0, 0.1) is 11.8 Å². The summed E-state index contributed by atoms with van der Waals surface area (Å²) in [6.45, 7) is 2.25. The first-order valence-corrected chi connectivity index (χ1v) is 5.98. The number of anilines is 1. The van der Waals surface area contributed by atoms with E-state index in [1.54, 1.807) is 0 Å². The summed E-state index contributed by atoms with van der Waals surface area (Å²) in [6, 6.07) is 0. The van der Waals surface area contributed by atoms with Gasteiger partial charge in [0, 0.05) is 13.1 Å². The van der Waals surface area contributed by atoms with Crippen molar-refractivity contribution in [3.63, 3.8) is 0 Å². The zero-order valence-corrected chi connectivity index (χ0v) is 9.18. The molecule has 1 aromatic rings. The van der Waals surface area contributed by atoms with Crippen molar-refractivity contribution < 1.29 is 5.11 Å². The minimum absolute atomic E-state index is 0.00278. The summed E-state index contributed by atoms with van der Waals surface area (Å²) in [5, 5.41) is 10.4. The summed E-state index contributed by atoms with van der Waals surface area (Å²) in [7, 11) is 0. The number of aliphatic hydroxyl groups excluding tert-OH is 1. The molecule has 2 heterocycles. The maximum Gasteiger partial charge on any atom is 0.187 e. The lowest BCUT2D eigenvalue weighted by Gasteiger charge is -2.15. The van der Waals surface area contributed by atoms with Crippen molar-refractivity contribution in [2.75, 3.05) is 18.0 Å². The molecular weight excluding hydrogens is 220 g/mol. The third-order valence-electron chi connectivity index (χ3n) is 3.03. The number of fused-ring (bicyclic) bond motifs is 1. The van der Waals surface area contributed by atoms with Crippen molar-refractivity contribution >= 4 is 28.1 Å². The Bertz CT molecular complexity index is 358. The van der Waals surface area contributed by atoms with Crippen LogP contribution in [-0.4, -0.2) is 23.2 Å². The number of thiazole rings is 1. The molecule has 1 aliphatic carbocycles. The smallest absolute Gasteiger partial charge is 0.187 e. The molecule has 3 rings (SSSR count). The monoisotopic (exact) mass is 230 g/mol. The van der Waals surface area contributed by atoms with Crippen molar-refractivity contribution in [1.82, 2.24) is 4.98 Å². The highest BCUT2D eigenvalue weighted by molar-refractivity contribution is 7.16. The number of piperidine rings is 1. The van der Waals surface area contributed by atoms with Crippen LogP contribution < -0.4 is 4.90 Å². The van der Waals surface area contributed by atoms with Gasteiger partial charge in [-0.05, 0) is 18.3 Å². The van der Waals surface area contributed by atoms with E-state index in [4.69, 9.17) is 16.7 Å². The lowest BCUT2D eigenvalue weighted by atomic mass is 10.4. The van der Waals surface area contributed by atoms with E-state index in [0.29, 0.717) is 5.15 Å². The molecule has 1 aliphatic heterocycles. The van der Waals surface area contributed by atoms with Gasteiger partial charge in [0.15, 0.2) is 5.13 Å². The van der Waals surface area contributed by atoms with E-state index >= 15 is 0 Å². The molecule has 1 saturated heterocycles. The van der Waals surface area contributed by atoms with Gasteiger partial charge in [-0.3, -0.25) is 0 Å². The van der Waals surface area contributed by atoms with E-state index < -0.39 is 0 Å². The largest absolute Gasteiger partial charge is 0.391 e. The quantitative estimate of drug-likeness (QED) is 0.841. The third kappa shape index (κ3) is 1.33. The Morgan fingerprint density at radius 1 is 1.50 bits per heavy atom. The molecule has 0 bridgehead atoms. The topological polar surface area (TPSA) is 36.4 Å². The number of aliphatic hydroxyl groups is 1. The lowest BCUT2D eigenvalue weighted by molar-refractivity contribution is 0.285. The van der Waals surface area contributed by atoms with Gasteiger partial charge in [-0.1, -0.05) is 22.9 Å². The van der Waals surface area contributed by atoms with E-state index in [0.717, 1.165) is 34.9 Å². The number of hydrogen-bond donors (Lipinski definition) is 1. The van der Waals surface area contributed by atoms with Gasteiger partial charge in [0.25, 0.3) is 0 Å². The second kappa shape index (κ2) is 3.08. The Hall–Kier alpha value is -0.320. The first kappa shape index (κ1) is 8.95.